The van der Waals surface area contributed by atoms with Crippen molar-refractivity contribution in [3.8, 4) is 6.07 Å². The average Bonchev–Trinajstić information content (AvgIpc) is 2.68. The van der Waals surface area contributed by atoms with E-state index in [1.807, 2.05) is 4.90 Å². The van der Waals surface area contributed by atoms with E-state index >= 15 is 0 Å². The fourth-order valence-corrected chi connectivity index (χ4v) is 3.83. The van der Waals surface area contributed by atoms with Crippen molar-refractivity contribution >= 4 is 11.8 Å². The van der Waals surface area contributed by atoms with Crippen LogP contribution in [0.25, 0.3) is 0 Å². The first-order chi connectivity index (χ1) is 12.2. The molecule has 0 radical (unpaired) electrons. The maximum absolute atomic E-state index is 12.6. The molecule has 2 aliphatic rings. The second-order valence-electron chi connectivity index (χ2n) is 7.07. The average molecular weight is 339 g/mol. The van der Waals surface area contributed by atoms with Crippen LogP contribution in [-0.4, -0.2) is 47.8 Å². The van der Waals surface area contributed by atoms with E-state index in [9.17, 15) is 9.59 Å². The van der Waals surface area contributed by atoms with Gasteiger partial charge in [0, 0.05) is 38.2 Å². The number of carbonyl (C=O) groups excluding carboxylic acids is 2. The number of nitriles is 1. The first kappa shape index (κ1) is 17.5. The summed E-state index contributed by atoms with van der Waals surface area (Å²) >= 11 is 0. The van der Waals surface area contributed by atoms with Crippen LogP contribution in [0.4, 0.5) is 0 Å². The van der Waals surface area contributed by atoms with E-state index in [0.29, 0.717) is 49.6 Å². The highest BCUT2D eigenvalue weighted by atomic mass is 16.2. The quantitative estimate of drug-likeness (QED) is 0.850. The van der Waals surface area contributed by atoms with Crippen molar-refractivity contribution in [2.24, 2.45) is 5.92 Å². The molecule has 132 valence electrons. The highest BCUT2D eigenvalue weighted by molar-refractivity contribution is 5.94. The minimum atomic E-state index is -0.0588. The van der Waals surface area contributed by atoms with Crippen molar-refractivity contribution in [1.82, 2.24) is 9.80 Å². The Hall–Kier alpha value is -2.35. The topological polar surface area (TPSA) is 64.4 Å². The van der Waals surface area contributed by atoms with Crippen LogP contribution in [0.15, 0.2) is 24.3 Å². The van der Waals surface area contributed by atoms with Crippen LogP contribution in [-0.2, 0) is 4.79 Å². The van der Waals surface area contributed by atoms with Crippen LogP contribution in [0.2, 0.25) is 0 Å². The summed E-state index contributed by atoms with van der Waals surface area (Å²) in [4.78, 5) is 28.7. The molecule has 5 nitrogen and oxygen atoms in total. The van der Waals surface area contributed by atoms with Crippen molar-refractivity contribution in [3.63, 3.8) is 0 Å². The smallest absolute Gasteiger partial charge is 0.254 e. The van der Waals surface area contributed by atoms with Crippen LogP contribution in [0.5, 0.6) is 0 Å². The summed E-state index contributed by atoms with van der Waals surface area (Å²) in [5.41, 5.74) is 1.04. The monoisotopic (exact) mass is 339 g/mol. The van der Waals surface area contributed by atoms with Gasteiger partial charge in [-0.2, -0.15) is 5.26 Å². The summed E-state index contributed by atoms with van der Waals surface area (Å²) in [5.74, 6) is 0.733. The second-order valence-corrected chi connectivity index (χ2v) is 7.07. The van der Waals surface area contributed by atoms with E-state index in [2.05, 4.69) is 6.07 Å². The fourth-order valence-electron chi connectivity index (χ4n) is 3.83. The van der Waals surface area contributed by atoms with Crippen LogP contribution < -0.4 is 0 Å². The van der Waals surface area contributed by atoms with E-state index in [0.717, 1.165) is 0 Å². The van der Waals surface area contributed by atoms with Crippen LogP contribution in [0.3, 0.4) is 0 Å². The standard InChI is InChI=1S/C20H25N3O2/c21-15-17-7-4-8-18(13-17)20(25)23-11-9-22(10-12-23)19(24)14-16-5-2-1-3-6-16/h4,7-8,13,16H,1-3,5-6,9-12,14H2. The zero-order valence-corrected chi connectivity index (χ0v) is 14.6. The lowest BCUT2D eigenvalue weighted by Gasteiger charge is -2.35. The van der Waals surface area contributed by atoms with Gasteiger partial charge in [-0.25, -0.2) is 0 Å². The van der Waals surface area contributed by atoms with E-state index in [1.165, 1.54) is 32.1 Å². The summed E-state index contributed by atoms with van der Waals surface area (Å²) in [7, 11) is 0. The van der Waals surface area contributed by atoms with Gasteiger partial charge in [0.1, 0.15) is 0 Å². The van der Waals surface area contributed by atoms with Crippen molar-refractivity contribution in [2.75, 3.05) is 26.2 Å². The highest BCUT2D eigenvalue weighted by Crippen LogP contribution is 2.27. The molecule has 1 heterocycles. The molecule has 2 fully saturated rings. The van der Waals surface area contributed by atoms with Gasteiger partial charge in [-0.05, 0) is 37.0 Å². The molecule has 0 unspecified atom stereocenters. The third-order valence-electron chi connectivity index (χ3n) is 5.35. The first-order valence-electron chi connectivity index (χ1n) is 9.24. The molecule has 25 heavy (non-hydrogen) atoms. The Morgan fingerprint density at radius 3 is 2.40 bits per heavy atom. The largest absolute Gasteiger partial charge is 0.339 e. The molecule has 0 aromatic heterocycles. The third kappa shape index (κ3) is 4.39. The number of rotatable bonds is 3. The first-order valence-corrected chi connectivity index (χ1v) is 9.24. The number of carbonyl (C=O) groups is 2. The predicted molar refractivity (Wildman–Crippen MR) is 94.8 cm³/mol. The molecule has 1 aromatic carbocycles. The third-order valence-corrected chi connectivity index (χ3v) is 5.35. The SMILES string of the molecule is N#Cc1cccc(C(=O)N2CCN(C(=O)CC3CCCCC3)CC2)c1. The van der Waals surface area contributed by atoms with E-state index in [1.54, 1.807) is 29.2 Å². The van der Waals surface area contributed by atoms with Gasteiger partial charge in [0.15, 0.2) is 0 Å². The Bertz CT molecular complexity index is 666. The Labute approximate surface area is 149 Å². The minimum Gasteiger partial charge on any atom is -0.339 e. The summed E-state index contributed by atoms with van der Waals surface area (Å²) in [6, 6.07) is 8.85. The number of nitrogens with zero attached hydrogens (tertiary/aromatic N) is 3. The molecule has 1 aromatic rings. The Balaban J connectivity index is 1.51. The molecule has 1 saturated heterocycles. The van der Waals surface area contributed by atoms with E-state index < -0.39 is 0 Å². The van der Waals surface area contributed by atoms with Gasteiger partial charge in [-0.15, -0.1) is 0 Å². The van der Waals surface area contributed by atoms with Gasteiger partial charge in [0.2, 0.25) is 5.91 Å². The molecule has 1 aliphatic heterocycles. The zero-order valence-electron chi connectivity index (χ0n) is 14.6. The van der Waals surface area contributed by atoms with Crippen LogP contribution in [0, 0.1) is 17.2 Å². The van der Waals surface area contributed by atoms with E-state index in [4.69, 9.17) is 5.26 Å². The number of hydrogen-bond acceptors (Lipinski definition) is 3. The van der Waals surface area contributed by atoms with E-state index in [-0.39, 0.29) is 11.8 Å². The minimum absolute atomic E-state index is 0.0588. The maximum atomic E-state index is 12.6. The number of hydrogen-bond donors (Lipinski definition) is 0. The summed E-state index contributed by atoms with van der Waals surface area (Å²) in [6.07, 6.45) is 6.83. The van der Waals surface area contributed by atoms with Gasteiger partial charge >= 0.3 is 0 Å². The van der Waals surface area contributed by atoms with Gasteiger partial charge < -0.3 is 9.80 Å². The zero-order chi connectivity index (χ0) is 17.6. The molecule has 0 atom stereocenters. The van der Waals surface area contributed by atoms with Gasteiger partial charge in [0.05, 0.1) is 11.6 Å². The van der Waals surface area contributed by atoms with Gasteiger partial charge in [0.25, 0.3) is 5.91 Å². The molecule has 5 heteroatoms. The van der Waals surface area contributed by atoms with Gasteiger partial charge in [-0.1, -0.05) is 25.3 Å². The van der Waals surface area contributed by atoms with Crippen LogP contribution >= 0.6 is 0 Å². The highest BCUT2D eigenvalue weighted by Gasteiger charge is 2.26. The molecular formula is C20H25N3O2. The molecule has 1 aliphatic carbocycles. The van der Waals surface area contributed by atoms with Crippen molar-refractivity contribution in [1.29, 1.82) is 5.26 Å². The predicted octanol–water partition coefficient (Wildman–Crippen LogP) is 2.81. The lowest BCUT2D eigenvalue weighted by Crippen LogP contribution is -2.50. The molecule has 0 N–H and O–H groups in total. The lowest BCUT2D eigenvalue weighted by molar-refractivity contribution is -0.133. The number of benzene rings is 1. The second kappa shape index (κ2) is 8.15. The normalized spacial score (nSPS) is 18.7. The van der Waals surface area contributed by atoms with Crippen molar-refractivity contribution < 1.29 is 9.59 Å². The summed E-state index contributed by atoms with van der Waals surface area (Å²) < 4.78 is 0. The molecule has 1 saturated carbocycles. The molecule has 0 bridgehead atoms. The van der Waals surface area contributed by atoms with Crippen molar-refractivity contribution in [2.45, 2.75) is 38.5 Å². The molecule has 0 spiro atoms. The molecular weight excluding hydrogens is 314 g/mol. The maximum Gasteiger partial charge on any atom is 0.254 e. The number of piperazine rings is 1. The molecule has 2 amide bonds. The Morgan fingerprint density at radius 1 is 1.04 bits per heavy atom. The van der Waals surface area contributed by atoms with Crippen LogP contribution in [0.1, 0.15) is 54.4 Å². The number of amides is 2. The Morgan fingerprint density at radius 2 is 1.72 bits per heavy atom. The van der Waals surface area contributed by atoms with Crippen molar-refractivity contribution in [3.05, 3.63) is 35.4 Å². The fraction of sp³-hybridized carbons (Fsp3) is 0.550. The summed E-state index contributed by atoms with van der Waals surface area (Å²) in [6.45, 7) is 2.34. The Kier molecular flexibility index (Phi) is 5.70. The lowest BCUT2D eigenvalue weighted by atomic mass is 9.86. The molecule has 3 rings (SSSR count). The summed E-state index contributed by atoms with van der Waals surface area (Å²) in [5, 5.41) is 8.97. The van der Waals surface area contributed by atoms with Gasteiger partial charge in [-0.3, -0.25) is 9.59 Å².